The highest BCUT2D eigenvalue weighted by Gasteiger charge is 2.10. The summed E-state index contributed by atoms with van der Waals surface area (Å²) in [5, 5.41) is 0. The Kier molecular flexibility index (Phi) is 3.08. The summed E-state index contributed by atoms with van der Waals surface area (Å²) in [7, 11) is 0. The van der Waals surface area contributed by atoms with Crippen molar-refractivity contribution >= 4 is 11.3 Å². The molecule has 0 amide bonds. The Morgan fingerprint density at radius 1 is 1.19 bits per heavy atom. The maximum Gasteiger partial charge on any atom is 0.123 e. The van der Waals surface area contributed by atoms with Crippen molar-refractivity contribution in [3.8, 4) is 10.4 Å². The Labute approximate surface area is 98.7 Å². The van der Waals surface area contributed by atoms with Gasteiger partial charge in [0.2, 0.25) is 0 Å². The number of rotatable bonds is 2. The zero-order chi connectivity index (χ0) is 11.7. The quantitative estimate of drug-likeness (QED) is 0.845. The minimum absolute atomic E-state index is 0.192. The van der Waals surface area contributed by atoms with Crippen LogP contribution >= 0.6 is 11.3 Å². The molecule has 0 saturated carbocycles. The van der Waals surface area contributed by atoms with Gasteiger partial charge in [0.15, 0.2) is 0 Å². The van der Waals surface area contributed by atoms with Gasteiger partial charge in [0.05, 0.1) is 0 Å². The summed E-state index contributed by atoms with van der Waals surface area (Å²) >= 11 is 1.64. The van der Waals surface area contributed by atoms with Gasteiger partial charge in [-0.1, -0.05) is 6.07 Å². The molecule has 0 aliphatic rings. The second kappa shape index (κ2) is 4.36. The predicted molar refractivity (Wildman–Crippen MR) is 67.1 cm³/mol. The summed E-state index contributed by atoms with van der Waals surface area (Å²) in [6.45, 7) is 4.57. The van der Waals surface area contributed by atoms with Crippen molar-refractivity contribution in [3.05, 3.63) is 46.1 Å². The molecule has 1 nitrogen and oxygen atoms in total. The summed E-state index contributed by atoms with van der Waals surface area (Å²) in [5.74, 6) is -0.192. The summed E-state index contributed by atoms with van der Waals surface area (Å²) in [5.41, 5.74) is 8.85. The first kappa shape index (κ1) is 11.3. The fraction of sp³-hybridized carbons (Fsp3) is 0.231. The van der Waals surface area contributed by atoms with Gasteiger partial charge in [-0.2, -0.15) is 0 Å². The van der Waals surface area contributed by atoms with Gasteiger partial charge < -0.3 is 5.73 Å². The van der Waals surface area contributed by atoms with Gasteiger partial charge in [0, 0.05) is 16.3 Å². The minimum atomic E-state index is -0.192. The number of nitrogens with two attached hydrogens (primary N) is 1. The fourth-order valence-corrected chi connectivity index (χ4v) is 2.89. The molecule has 0 unspecified atom stereocenters. The molecule has 16 heavy (non-hydrogen) atoms. The van der Waals surface area contributed by atoms with Gasteiger partial charge in [-0.25, -0.2) is 4.39 Å². The number of hydrogen-bond acceptors (Lipinski definition) is 2. The van der Waals surface area contributed by atoms with E-state index in [4.69, 9.17) is 5.73 Å². The van der Waals surface area contributed by atoms with E-state index in [0.29, 0.717) is 6.54 Å². The van der Waals surface area contributed by atoms with Crippen LogP contribution in [-0.4, -0.2) is 0 Å². The Morgan fingerprint density at radius 3 is 2.56 bits per heavy atom. The molecule has 1 heterocycles. The van der Waals surface area contributed by atoms with Crippen LogP contribution < -0.4 is 5.73 Å². The third-order valence-corrected chi connectivity index (χ3v) is 3.91. The average molecular weight is 235 g/mol. The van der Waals surface area contributed by atoms with Crippen molar-refractivity contribution in [2.45, 2.75) is 20.4 Å². The SMILES string of the molecule is Cc1ccc(F)cc1-c1sc(CN)cc1C. The average Bonchev–Trinajstić information content (AvgIpc) is 2.63. The first-order valence-corrected chi connectivity index (χ1v) is 5.99. The van der Waals surface area contributed by atoms with E-state index in [1.807, 2.05) is 19.9 Å². The van der Waals surface area contributed by atoms with Gasteiger partial charge >= 0.3 is 0 Å². The molecule has 2 rings (SSSR count). The Morgan fingerprint density at radius 2 is 1.94 bits per heavy atom. The molecule has 0 radical (unpaired) electrons. The lowest BCUT2D eigenvalue weighted by atomic mass is 10.0. The standard InChI is InChI=1S/C13H14FNS/c1-8-3-4-10(14)6-12(8)13-9(2)5-11(7-15)16-13/h3-6H,7,15H2,1-2H3. The highest BCUT2D eigenvalue weighted by Crippen LogP contribution is 2.34. The Hall–Kier alpha value is -1.19. The first-order chi connectivity index (χ1) is 7.61. The van der Waals surface area contributed by atoms with Crippen LogP contribution in [0.1, 0.15) is 16.0 Å². The van der Waals surface area contributed by atoms with E-state index in [-0.39, 0.29) is 5.82 Å². The summed E-state index contributed by atoms with van der Waals surface area (Å²) in [4.78, 5) is 2.26. The molecular weight excluding hydrogens is 221 g/mol. The second-order valence-corrected chi connectivity index (χ2v) is 5.02. The third-order valence-electron chi connectivity index (χ3n) is 2.61. The molecule has 0 fully saturated rings. The Balaban J connectivity index is 2.57. The minimum Gasteiger partial charge on any atom is -0.326 e. The summed E-state index contributed by atoms with van der Waals surface area (Å²) in [6.07, 6.45) is 0. The van der Waals surface area contributed by atoms with E-state index in [1.165, 1.54) is 11.6 Å². The van der Waals surface area contributed by atoms with Gasteiger partial charge in [0.25, 0.3) is 0 Å². The van der Waals surface area contributed by atoms with Crippen LogP contribution in [0.4, 0.5) is 4.39 Å². The largest absolute Gasteiger partial charge is 0.326 e. The number of hydrogen-bond donors (Lipinski definition) is 1. The molecule has 2 aromatic rings. The smallest absolute Gasteiger partial charge is 0.123 e. The lowest BCUT2D eigenvalue weighted by Crippen LogP contribution is -1.91. The van der Waals surface area contributed by atoms with E-state index in [9.17, 15) is 4.39 Å². The van der Waals surface area contributed by atoms with Crippen molar-refractivity contribution in [2.75, 3.05) is 0 Å². The van der Waals surface area contributed by atoms with E-state index < -0.39 is 0 Å². The first-order valence-electron chi connectivity index (χ1n) is 5.17. The lowest BCUT2D eigenvalue weighted by molar-refractivity contribution is 0.628. The predicted octanol–water partition coefficient (Wildman–Crippen LogP) is 3.63. The van der Waals surface area contributed by atoms with Crippen molar-refractivity contribution < 1.29 is 4.39 Å². The van der Waals surface area contributed by atoms with Gasteiger partial charge in [-0.3, -0.25) is 0 Å². The van der Waals surface area contributed by atoms with E-state index >= 15 is 0 Å². The maximum atomic E-state index is 13.2. The van der Waals surface area contributed by atoms with Crippen LogP contribution in [0.15, 0.2) is 24.3 Å². The second-order valence-electron chi connectivity index (χ2n) is 3.89. The van der Waals surface area contributed by atoms with Gasteiger partial charge in [-0.05, 0) is 48.7 Å². The fourth-order valence-electron chi connectivity index (χ4n) is 1.75. The topological polar surface area (TPSA) is 26.0 Å². The highest BCUT2D eigenvalue weighted by atomic mass is 32.1. The number of aryl methyl sites for hydroxylation is 2. The lowest BCUT2D eigenvalue weighted by Gasteiger charge is -2.04. The van der Waals surface area contributed by atoms with E-state index in [0.717, 1.165) is 20.9 Å². The van der Waals surface area contributed by atoms with Crippen molar-refractivity contribution in [3.63, 3.8) is 0 Å². The van der Waals surface area contributed by atoms with E-state index in [2.05, 4.69) is 6.07 Å². The molecule has 0 aliphatic heterocycles. The molecule has 0 spiro atoms. The molecule has 0 bridgehead atoms. The monoisotopic (exact) mass is 235 g/mol. The van der Waals surface area contributed by atoms with E-state index in [1.54, 1.807) is 17.4 Å². The maximum absolute atomic E-state index is 13.2. The normalized spacial score (nSPS) is 10.8. The van der Waals surface area contributed by atoms with Crippen LogP contribution in [0.5, 0.6) is 0 Å². The van der Waals surface area contributed by atoms with Crippen LogP contribution in [-0.2, 0) is 6.54 Å². The summed E-state index contributed by atoms with van der Waals surface area (Å²) < 4.78 is 13.2. The zero-order valence-corrected chi connectivity index (χ0v) is 10.2. The molecule has 2 N–H and O–H groups in total. The van der Waals surface area contributed by atoms with Crippen LogP contribution in [0.2, 0.25) is 0 Å². The van der Waals surface area contributed by atoms with Gasteiger partial charge in [0.1, 0.15) is 5.82 Å². The molecular formula is C13H14FNS. The number of thiophene rings is 1. The van der Waals surface area contributed by atoms with Crippen molar-refractivity contribution in [2.24, 2.45) is 5.73 Å². The molecule has 1 aromatic heterocycles. The van der Waals surface area contributed by atoms with Crippen molar-refractivity contribution in [1.29, 1.82) is 0 Å². The number of benzene rings is 1. The Bertz CT molecular complexity index is 517. The molecule has 0 saturated heterocycles. The van der Waals surface area contributed by atoms with Crippen molar-refractivity contribution in [1.82, 2.24) is 0 Å². The van der Waals surface area contributed by atoms with Crippen LogP contribution in [0, 0.1) is 19.7 Å². The van der Waals surface area contributed by atoms with Gasteiger partial charge in [-0.15, -0.1) is 11.3 Å². The summed E-state index contributed by atoms with van der Waals surface area (Å²) in [6, 6.07) is 6.97. The number of halogens is 1. The van der Waals surface area contributed by atoms with Crippen LogP contribution in [0.25, 0.3) is 10.4 Å². The molecule has 84 valence electrons. The highest BCUT2D eigenvalue weighted by molar-refractivity contribution is 7.15. The third kappa shape index (κ3) is 2.01. The molecule has 3 heteroatoms. The molecule has 1 aromatic carbocycles. The molecule has 0 atom stereocenters. The zero-order valence-electron chi connectivity index (χ0n) is 9.38. The molecule has 0 aliphatic carbocycles. The van der Waals surface area contributed by atoms with Crippen LogP contribution in [0.3, 0.4) is 0 Å².